The summed E-state index contributed by atoms with van der Waals surface area (Å²) in [6.07, 6.45) is 4.67. The predicted molar refractivity (Wildman–Crippen MR) is 146 cm³/mol. The second-order valence-electron chi connectivity index (χ2n) is 12.4. The highest BCUT2D eigenvalue weighted by atomic mass is 32.2. The topological polar surface area (TPSA) is 102 Å². The van der Waals surface area contributed by atoms with Crippen molar-refractivity contribution in [3.05, 3.63) is 29.8 Å². The molecule has 3 rings (SSSR count). The Hall–Kier alpha value is -1.68. The molecule has 9 heteroatoms. The van der Waals surface area contributed by atoms with Gasteiger partial charge >= 0.3 is 6.09 Å². The standard InChI is InChI=1S/C29H47NO7S/c1-8-22(19-35-38(33,34)23-16-14-20(2)15-17-23)25(31)26-24(18-21-12-10-9-11-13-21)30(29(6,7)36-26)27(32)37-28(3,4)5/h14-17,21-22,24-26,31H,8-13,18-19H2,1-7H3/t22-,24-,25-,26+/m0/s1. The third-order valence-corrected chi connectivity index (χ3v) is 8.99. The molecule has 4 atom stereocenters. The van der Waals surface area contributed by atoms with Gasteiger partial charge in [0.15, 0.2) is 0 Å². The van der Waals surface area contributed by atoms with E-state index in [2.05, 4.69) is 0 Å². The van der Waals surface area contributed by atoms with Crippen LogP contribution in [0.1, 0.15) is 92.1 Å². The van der Waals surface area contributed by atoms with Crippen molar-refractivity contribution in [3.8, 4) is 0 Å². The maximum absolute atomic E-state index is 13.4. The van der Waals surface area contributed by atoms with Gasteiger partial charge in [-0.3, -0.25) is 9.08 Å². The van der Waals surface area contributed by atoms with E-state index in [0.717, 1.165) is 31.2 Å². The van der Waals surface area contributed by atoms with Crippen LogP contribution in [0.15, 0.2) is 29.2 Å². The Morgan fingerprint density at radius 1 is 1.16 bits per heavy atom. The van der Waals surface area contributed by atoms with Gasteiger partial charge in [-0.05, 0) is 72.4 Å². The molecule has 1 aromatic carbocycles. The van der Waals surface area contributed by atoms with E-state index >= 15 is 0 Å². The number of carbonyl (C=O) groups excluding carboxylic acids is 1. The Morgan fingerprint density at radius 2 is 1.76 bits per heavy atom. The van der Waals surface area contributed by atoms with Gasteiger partial charge in [0, 0.05) is 5.92 Å². The lowest BCUT2D eigenvalue weighted by Gasteiger charge is -2.37. The van der Waals surface area contributed by atoms with Crippen LogP contribution in [0, 0.1) is 18.8 Å². The smallest absolute Gasteiger partial charge is 0.412 e. The lowest BCUT2D eigenvalue weighted by atomic mass is 9.81. The third-order valence-electron chi connectivity index (χ3n) is 7.70. The van der Waals surface area contributed by atoms with Gasteiger partial charge in [-0.25, -0.2) is 4.79 Å². The summed E-state index contributed by atoms with van der Waals surface area (Å²) in [7, 11) is -3.98. The number of nitrogens with zero attached hydrogens (tertiary/aromatic N) is 1. The molecule has 0 bridgehead atoms. The highest BCUT2D eigenvalue weighted by Crippen LogP contribution is 2.41. The summed E-state index contributed by atoms with van der Waals surface area (Å²) >= 11 is 0. The molecule has 1 aliphatic heterocycles. The number of hydrogen-bond acceptors (Lipinski definition) is 7. The monoisotopic (exact) mass is 553 g/mol. The van der Waals surface area contributed by atoms with E-state index in [1.807, 2.05) is 48.5 Å². The summed E-state index contributed by atoms with van der Waals surface area (Å²) in [5.41, 5.74) is -0.727. The molecule has 1 aliphatic carbocycles. The largest absolute Gasteiger partial charge is 0.444 e. The van der Waals surface area contributed by atoms with E-state index in [0.29, 0.717) is 18.8 Å². The first kappa shape index (κ1) is 30.9. The minimum atomic E-state index is -3.98. The van der Waals surface area contributed by atoms with Crippen LogP contribution in [0.5, 0.6) is 0 Å². The molecule has 0 unspecified atom stereocenters. The van der Waals surface area contributed by atoms with Crippen LogP contribution >= 0.6 is 0 Å². The van der Waals surface area contributed by atoms with Crippen LogP contribution in [-0.4, -0.2) is 60.7 Å². The van der Waals surface area contributed by atoms with Crippen LogP contribution < -0.4 is 0 Å². The minimum absolute atomic E-state index is 0.0805. The van der Waals surface area contributed by atoms with Crippen molar-refractivity contribution in [2.75, 3.05) is 6.61 Å². The van der Waals surface area contributed by atoms with Crippen LogP contribution in [0.3, 0.4) is 0 Å². The van der Waals surface area contributed by atoms with Gasteiger partial charge < -0.3 is 14.6 Å². The van der Waals surface area contributed by atoms with E-state index in [1.54, 1.807) is 17.0 Å². The fourth-order valence-corrected chi connectivity index (χ4v) is 6.62. The van der Waals surface area contributed by atoms with Crippen molar-refractivity contribution in [3.63, 3.8) is 0 Å². The van der Waals surface area contributed by atoms with Crippen molar-refractivity contribution < 1.29 is 32.0 Å². The van der Waals surface area contributed by atoms with Crippen LogP contribution in [0.4, 0.5) is 4.79 Å². The van der Waals surface area contributed by atoms with Gasteiger partial charge in [0.2, 0.25) is 0 Å². The van der Waals surface area contributed by atoms with Gasteiger partial charge in [-0.1, -0.05) is 56.7 Å². The average molecular weight is 554 g/mol. The molecule has 0 aromatic heterocycles. The van der Waals surface area contributed by atoms with Gasteiger partial charge in [0.05, 0.1) is 23.6 Å². The summed E-state index contributed by atoms with van der Waals surface area (Å²) in [4.78, 5) is 15.1. The van der Waals surface area contributed by atoms with E-state index in [9.17, 15) is 18.3 Å². The van der Waals surface area contributed by atoms with Crippen molar-refractivity contribution in [1.29, 1.82) is 0 Å². The lowest BCUT2D eigenvalue weighted by molar-refractivity contribution is -0.116. The van der Waals surface area contributed by atoms with Gasteiger partial charge in [0.1, 0.15) is 17.4 Å². The van der Waals surface area contributed by atoms with Crippen molar-refractivity contribution in [2.45, 2.75) is 128 Å². The Labute approximate surface area is 229 Å². The predicted octanol–water partition coefficient (Wildman–Crippen LogP) is 5.80. The maximum Gasteiger partial charge on any atom is 0.412 e. The van der Waals surface area contributed by atoms with Crippen molar-refractivity contribution >= 4 is 16.2 Å². The zero-order valence-corrected chi connectivity index (χ0v) is 24.9. The van der Waals surface area contributed by atoms with Crippen molar-refractivity contribution in [2.24, 2.45) is 11.8 Å². The molecule has 1 saturated carbocycles. The van der Waals surface area contributed by atoms with E-state index in [1.165, 1.54) is 18.6 Å². The molecule has 2 fully saturated rings. The highest BCUT2D eigenvalue weighted by molar-refractivity contribution is 7.86. The SMILES string of the molecule is CC[C@@H](COS(=O)(=O)c1ccc(C)cc1)[C@H](O)[C@@H]1OC(C)(C)N(C(=O)OC(C)(C)C)[C@H]1CC1CCCCC1. The Bertz CT molecular complexity index is 1030. The highest BCUT2D eigenvalue weighted by Gasteiger charge is 2.54. The van der Waals surface area contributed by atoms with Crippen LogP contribution in [0.25, 0.3) is 0 Å². The number of amides is 1. The molecule has 38 heavy (non-hydrogen) atoms. The minimum Gasteiger partial charge on any atom is -0.444 e. The normalized spacial score (nSPS) is 24.3. The fraction of sp³-hybridized carbons (Fsp3) is 0.759. The summed E-state index contributed by atoms with van der Waals surface area (Å²) in [6, 6.07) is 6.07. The van der Waals surface area contributed by atoms with E-state index in [-0.39, 0.29) is 11.5 Å². The first-order valence-corrected chi connectivity index (χ1v) is 15.4. The number of rotatable bonds is 9. The van der Waals surface area contributed by atoms with Crippen LogP contribution in [0.2, 0.25) is 0 Å². The van der Waals surface area contributed by atoms with E-state index < -0.39 is 51.7 Å². The van der Waals surface area contributed by atoms with Gasteiger partial charge in [-0.2, -0.15) is 8.42 Å². The molecule has 1 aromatic rings. The first-order chi connectivity index (χ1) is 17.6. The molecule has 1 saturated heterocycles. The Kier molecular flexibility index (Phi) is 9.93. The maximum atomic E-state index is 13.4. The molecule has 1 amide bonds. The third kappa shape index (κ3) is 7.71. The Balaban J connectivity index is 1.83. The molecule has 8 nitrogen and oxygen atoms in total. The first-order valence-electron chi connectivity index (χ1n) is 14.0. The number of benzene rings is 1. The molecule has 1 N–H and O–H groups in total. The molecule has 0 spiro atoms. The summed E-state index contributed by atoms with van der Waals surface area (Å²) in [6.45, 7) is 12.7. The molecule has 1 heterocycles. The summed E-state index contributed by atoms with van der Waals surface area (Å²) < 4.78 is 43.2. The van der Waals surface area contributed by atoms with Crippen LogP contribution in [-0.2, 0) is 23.8 Å². The average Bonchev–Trinajstić information content (AvgIpc) is 3.09. The molecular weight excluding hydrogens is 506 g/mol. The molecule has 216 valence electrons. The molecular formula is C29H47NO7S. The Morgan fingerprint density at radius 3 is 2.32 bits per heavy atom. The number of carbonyl (C=O) groups is 1. The quantitative estimate of drug-likeness (QED) is 0.386. The molecule has 2 aliphatic rings. The number of aryl methyl sites for hydroxylation is 1. The zero-order chi connectivity index (χ0) is 28.3. The van der Waals surface area contributed by atoms with Gasteiger partial charge in [0.25, 0.3) is 10.1 Å². The lowest BCUT2D eigenvalue weighted by Crippen LogP contribution is -2.52. The number of aliphatic hydroxyl groups excluding tert-OH is 1. The number of aliphatic hydroxyl groups is 1. The number of ether oxygens (including phenoxy) is 2. The van der Waals surface area contributed by atoms with Gasteiger partial charge in [-0.15, -0.1) is 0 Å². The second kappa shape index (κ2) is 12.2. The number of hydrogen-bond donors (Lipinski definition) is 1. The zero-order valence-electron chi connectivity index (χ0n) is 24.1. The van der Waals surface area contributed by atoms with E-state index in [4.69, 9.17) is 13.7 Å². The molecule has 0 radical (unpaired) electrons. The summed E-state index contributed by atoms with van der Waals surface area (Å²) in [5.74, 6) is -0.0902. The fourth-order valence-electron chi connectivity index (χ4n) is 5.66. The van der Waals surface area contributed by atoms with Crippen molar-refractivity contribution in [1.82, 2.24) is 4.90 Å². The summed E-state index contributed by atoms with van der Waals surface area (Å²) in [5, 5.41) is 11.6. The second-order valence-corrected chi connectivity index (χ2v) is 14.0.